The molecule has 49 heavy (non-hydrogen) atoms. The normalized spacial score (nSPS) is 33.0. The molecule has 0 bridgehead atoms. The van der Waals surface area contributed by atoms with Crippen LogP contribution in [0, 0.1) is 23.7 Å². The van der Waals surface area contributed by atoms with Crippen molar-refractivity contribution in [3.63, 3.8) is 0 Å². The van der Waals surface area contributed by atoms with Gasteiger partial charge in [0.2, 0.25) is 0 Å². The third-order valence-electron chi connectivity index (χ3n) is 10.6. The third kappa shape index (κ3) is 7.55. The molecule has 0 amide bonds. The average molecular weight is 675 g/mol. The maximum atomic E-state index is 13.7. The highest BCUT2D eigenvalue weighted by atomic mass is 16.8. The fourth-order valence-electron chi connectivity index (χ4n) is 8.02. The van der Waals surface area contributed by atoms with Crippen LogP contribution in [0.25, 0.3) is 0 Å². The van der Waals surface area contributed by atoms with E-state index in [9.17, 15) is 19.8 Å². The zero-order valence-electron chi connectivity index (χ0n) is 29.7. The standard InChI is InChI=1S/C40H50O9/c1-24(2)38(6)20-26(4)36-31(27(5)48-40(44,49-38)22-28-12-10-9-11-13-28)17-30(21-39(43)32(36)16-25(3)37(39)42)23-47-35(41)19-29-14-15-33(45-7)34(18-29)46-8/h9-18,26-27,31-32,36,43-44H,1,19-23H2,2-8H3/t26?,27?,31?,32?,36?,38?,39?,40-/m1/s1. The highest BCUT2D eigenvalue weighted by Crippen LogP contribution is 2.52. The molecule has 2 aromatic rings. The molecule has 264 valence electrons. The van der Waals surface area contributed by atoms with Gasteiger partial charge < -0.3 is 33.9 Å². The molecular weight excluding hydrogens is 624 g/mol. The molecule has 1 heterocycles. The lowest BCUT2D eigenvalue weighted by Gasteiger charge is -2.41. The molecule has 1 saturated heterocycles. The second-order valence-corrected chi connectivity index (χ2v) is 14.3. The first-order valence-electron chi connectivity index (χ1n) is 16.9. The van der Waals surface area contributed by atoms with Gasteiger partial charge in [-0.25, -0.2) is 0 Å². The summed E-state index contributed by atoms with van der Waals surface area (Å²) in [7, 11) is 3.07. The van der Waals surface area contributed by atoms with Crippen LogP contribution in [0.2, 0.25) is 0 Å². The fraction of sp³-hybridized carbons (Fsp3) is 0.500. The van der Waals surface area contributed by atoms with Gasteiger partial charge in [0.25, 0.3) is 5.97 Å². The molecule has 3 aliphatic rings. The lowest BCUT2D eigenvalue weighted by molar-refractivity contribution is -0.399. The van der Waals surface area contributed by atoms with Crippen molar-refractivity contribution >= 4 is 11.8 Å². The predicted octanol–water partition coefficient (Wildman–Crippen LogP) is 5.91. The highest BCUT2D eigenvalue weighted by molar-refractivity contribution is 6.04. The molecule has 9 heteroatoms. The van der Waals surface area contributed by atoms with Crippen molar-refractivity contribution in [2.75, 3.05) is 20.8 Å². The van der Waals surface area contributed by atoms with E-state index >= 15 is 0 Å². The summed E-state index contributed by atoms with van der Waals surface area (Å²) in [6.07, 6.45) is 3.76. The lowest BCUT2D eigenvalue weighted by atomic mass is 9.65. The minimum Gasteiger partial charge on any atom is -0.493 e. The minimum atomic E-state index is -2.01. The second kappa shape index (κ2) is 14.2. The first-order chi connectivity index (χ1) is 23.1. The molecule has 1 aliphatic heterocycles. The molecule has 2 aromatic carbocycles. The van der Waals surface area contributed by atoms with Crippen LogP contribution in [0.15, 0.2) is 84.0 Å². The van der Waals surface area contributed by atoms with E-state index in [0.717, 1.165) is 11.1 Å². The second-order valence-electron chi connectivity index (χ2n) is 14.3. The summed E-state index contributed by atoms with van der Waals surface area (Å²) >= 11 is 0. The summed E-state index contributed by atoms with van der Waals surface area (Å²) in [5.41, 5.74) is 0.623. The van der Waals surface area contributed by atoms with Gasteiger partial charge in [-0.2, -0.15) is 0 Å². The van der Waals surface area contributed by atoms with Crippen LogP contribution in [0.5, 0.6) is 11.5 Å². The smallest absolute Gasteiger partial charge is 0.310 e. The lowest BCUT2D eigenvalue weighted by Crippen LogP contribution is -2.49. The SMILES string of the molecule is C=C(C)C1(C)CC(C)C2C(C=C(COC(=O)Cc3ccc(OC)c(OC)c3)CC3(O)C(=O)C(C)=CC23)C(C)O[C@](O)(Cc2ccccc2)O1. The molecule has 9 nitrogen and oxygen atoms in total. The van der Waals surface area contributed by atoms with Gasteiger partial charge in [0.15, 0.2) is 17.3 Å². The van der Waals surface area contributed by atoms with Crippen LogP contribution in [0.3, 0.4) is 0 Å². The zero-order valence-corrected chi connectivity index (χ0v) is 29.7. The summed E-state index contributed by atoms with van der Waals surface area (Å²) < 4.78 is 29.5. The first kappa shape index (κ1) is 36.5. The fourth-order valence-corrected chi connectivity index (χ4v) is 8.02. The molecule has 5 rings (SSSR count). The zero-order chi connectivity index (χ0) is 35.7. The predicted molar refractivity (Wildman–Crippen MR) is 185 cm³/mol. The van der Waals surface area contributed by atoms with Gasteiger partial charge in [0.1, 0.15) is 12.2 Å². The van der Waals surface area contributed by atoms with Gasteiger partial charge in [-0.05, 0) is 85.9 Å². The molecule has 0 saturated carbocycles. The Morgan fingerprint density at radius 1 is 1.02 bits per heavy atom. The van der Waals surface area contributed by atoms with Crippen LogP contribution in [0.4, 0.5) is 0 Å². The largest absolute Gasteiger partial charge is 0.493 e. The molecular formula is C40H50O9. The van der Waals surface area contributed by atoms with Gasteiger partial charge in [0.05, 0.1) is 38.8 Å². The monoisotopic (exact) mass is 674 g/mol. The third-order valence-corrected chi connectivity index (χ3v) is 10.6. The van der Waals surface area contributed by atoms with E-state index in [0.29, 0.717) is 34.6 Å². The molecule has 0 aromatic heterocycles. The number of aliphatic hydroxyl groups is 2. The van der Waals surface area contributed by atoms with Gasteiger partial charge >= 0.3 is 5.97 Å². The maximum Gasteiger partial charge on any atom is 0.310 e. The first-order valence-corrected chi connectivity index (χ1v) is 16.9. The van der Waals surface area contributed by atoms with E-state index in [1.807, 2.05) is 63.3 Å². The van der Waals surface area contributed by atoms with E-state index in [1.165, 1.54) is 7.11 Å². The molecule has 8 atom stereocenters. The topological polar surface area (TPSA) is 121 Å². The number of rotatable bonds is 9. The van der Waals surface area contributed by atoms with Crippen molar-refractivity contribution in [1.29, 1.82) is 0 Å². The van der Waals surface area contributed by atoms with E-state index in [4.69, 9.17) is 23.7 Å². The number of hydrogen-bond donors (Lipinski definition) is 2. The van der Waals surface area contributed by atoms with Crippen molar-refractivity contribution in [2.24, 2.45) is 23.7 Å². The Balaban J connectivity index is 1.50. The van der Waals surface area contributed by atoms with Crippen molar-refractivity contribution in [2.45, 2.75) is 83.6 Å². The number of esters is 1. The van der Waals surface area contributed by atoms with Crippen molar-refractivity contribution in [1.82, 2.24) is 0 Å². The van der Waals surface area contributed by atoms with Crippen LogP contribution in [-0.4, -0.2) is 66.1 Å². The average Bonchev–Trinajstić information content (AvgIpc) is 3.18. The molecule has 2 aliphatic carbocycles. The Kier molecular flexibility index (Phi) is 10.6. The summed E-state index contributed by atoms with van der Waals surface area (Å²) in [4.78, 5) is 26.8. The summed E-state index contributed by atoms with van der Waals surface area (Å²) in [5, 5.41) is 24.4. The number of ketones is 1. The Morgan fingerprint density at radius 2 is 1.71 bits per heavy atom. The maximum absolute atomic E-state index is 13.7. The van der Waals surface area contributed by atoms with Gasteiger partial charge in [-0.15, -0.1) is 0 Å². The molecule has 1 fully saturated rings. The molecule has 0 spiro atoms. The Labute approximate surface area is 289 Å². The van der Waals surface area contributed by atoms with Gasteiger partial charge in [-0.3, -0.25) is 9.59 Å². The Bertz CT molecular complexity index is 1630. The van der Waals surface area contributed by atoms with Crippen molar-refractivity contribution < 1.29 is 43.5 Å². The summed E-state index contributed by atoms with van der Waals surface area (Å²) in [6, 6.07) is 14.7. The number of carbonyl (C=O) groups excluding carboxylic acids is 2. The molecule has 2 N–H and O–H groups in total. The van der Waals surface area contributed by atoms with Gasteiger partial charge in [0, 0.05) is 18.3 Å². The number of carbonyl (C=O) groups is 2. The van der Waals surface area contributed by atoms with Crippen LogP contribution < -0.4 is 9.47 Å². The quantitative estimate of drug-likeness (QED) is 0.247. The minimum absolute atomic E-state index is 0.00293. The van der Waals surface area contributed by atoms with E-state index < -0.39 is 35.2 Å². The van der Waals surface area contributed by atoms with Crippen LogP contribution in [0.1, 0.15) is 58.6 Å². The Morgan fingerprint density at radius 3 is 2.37 bits per heavy atom. The number of ether oxygens (including phenoxy) is 5. The highest BCUT2D eigenvalue weighted by Gasteiger charge is 2.57. The number of fused-ring (bicyclic) bond motifs is 3. The van der Waals surface area contributed by atoms with E-state index in [-0.39, 0.29) is 49.4 Å². The van der Waals surface area contributed by atoms with E-state index in [1.54, 1.807) is 32.2 Å². The summed E-state index contributed by atoms with van der Waals surface area (Å²) in [6.45, 7) is 13.6. The molecule has 7 unspecified atom stereocenters. The molecule has 0 radical (unpaired) electrons. The number of benzene rings is 2. The number of Topliss-reactive ketones (excluding diaryl/α,β-unsaturated/α-hetero) is 1. The van der Waals surface area contributed by atoms with Crippen LogP contribution >= 0.6 is 0 Å². The van der Waals surface area contributed by atoms with Crippen molar-refractivity contribution in [3.05, 3.63) is 95.1 Å². The number of hydrogen-bond acceptors (Lipinski definition) is 9. The summed E-state index contributed by atoms with van der Waals surface area (Å²) in [5.74, 6) is -3.10. The van der Waals surface area contributed by atoms with E-state index in [2.05, 4.69) is 13.5 Å². The van der Waals surface area contributed by atoms with Gasteiger partial charge in [-0.1, -0.05) is 62.1 Å². The van der Waals surface area contributed by atoms with Crippen molar-refractivity contribution in [3.8, 4) is 11.5 Å². The van der Waals surface area contributed by atoms with Crippen LogP contribution in [-0.2, 0) is 36.6 Å². The Hall–Kier alpha value is -3.76. The number of methoxy groups -OCH3 is 2.